The lowest BCUT2D eigenvalue weighted by atomic mass is 10.3. The zero-order chi connectivity index (χ0) is 12.1. The van der Waals surface area contributed by atoms with Gasteiger partial charge >= 0.3 is 5.76 Å². The second-order valence-corrected chi connectivity index (χ2v) is 4.54. The number of oxazole rings is 1. The number of fused-ring (bicyclic) bond motifs is 2. The van der Waals surface area contributed by atoms with Gasteiger partial charge in [0.1, 0.15) is 5.51 Å². The standard InChI is InChI=1S/C10H5N5O2S/c16-10-14-6-1-4-5(2-7(6)17-10)13-8(12-4)9-15-11-3-18-9/h1-3H,(H,12,13)(H,14,16). The van der Waals surface area contributed by atoms with Crippen LogP contribution >= 0.6 is 11.3 Å². The number of imidazole rings is 1. The van der Waals surface area contributed by atoms with Crippen LogP contribution in [0.2, 0.25) is 0 Å². The van der Waals surface area contributed by atoms with Crippen molar-refractivity contribution in [1.29, 1.82) is 0 Å². The van der Waals surface area contributed by atoms with Gasteiger partial charge in [0, 0.05) is 6.07 Å². The van der Waals surface area contributed by atoms with Crippen molar-refractivity contribution in [2.75, 3.05) is 0 Å². The maximum atomic E-state index is 11.1. The number of nitrogens with one attached hydrogen (secondary N) is 2. The third-order valence-electron chi connectivity index (χ3n) is 2.59. The van der Waals surface area contributed by atoms with Gasteiger partial charge in [-0.15, -0.1) is 10.2 Å². The summed E-state index contributed by atoms with van der Waals surface area (Å²) in [7, 11) is 0. The third kappa shape index (κ3) is 1.29. The van der Waals surface area contributed by atoms with Crippen LogP contribution in [-0.2, 0) is 0 Å². The molecule has 0 atom stereocenters. The van der Waals surface area contributed by atoms with Crippen LogP contribution in [0.15, 0.2) is 26.9 Å². The minimum atomic E-state index is -0.470. The molecule has 3 aromatic heterocycles. The van der Waals surface area contributed by atoms with Crippen LogP contribution in [0.3, 0.4) is 0 Å². The summed E-state index contributed by atoms with van der Waals surface area (Å²) in [5, 5.41) is 8.43. The van der Waals surface area contributed by atoms with Gasteiger partial charge in [-0.1, -0.05) is 11.3 Å². The van der Waals surface area contributed by atoms with Crippen LogP contribution in [0.25, 0.3) is 33.0 Å². The van der Waals surface area contributed by atoms with Gasteiger partial charge in [-0.25, -0.2) is 9.78 Å². The van der Waals surface area contributed by atoms with E-state index in [2.05, 4.69) is 25.1 Å². The maximum absolute atomic E-state index is 11.1. The Morgan fingerprint density at radius 3 is 3.00 bits per heavy atom. The van der Waals surface area contributed by atoms with Crippen LogP contribution in [0.4, 0.5) is 0 Å². The van der Waals surface area contributed by atoms with E-state index >= 15 is 0 Å². The molecule has 0 radical (unpaired) electrons. The Balaban J connectivity index is 2.03. The fraction of sp³-hybridized carbons (Fsp3) is 0. The van der Waals surface area contributed by atoms with E-state index < -0.39 is 5.76 Å². The number of benzene rings is 1. The van der Waals surface area contributed by atoms with Crippen LogP contribution in [-0.4, -0.2) is 25.1 Å². The van der Waals surface area contributed by atoms with E-state index in [0.717, 1.165) is 16.0 Å². The van der Waals surface area contributed by atoms with Crippen molar-refractivity contribution in [3.63, 3.8) is 0 Å². The number of rotatable bonds is 1. The Labute approximate surface area is 103 Å². The molecule has 3 heterocycles. The van der Waals surface area contributed by atoms with E-state index in [9.17, 15) is 4.79 Å². The lowest BCUT2D eigenvalue weighted by molar-refractivity contribution is 0.555. The van der Waals surface area contributed by atoms with Crippen molar-refractivity contribution < 1.29 is 4.42 Å². The minimum Gasteiger partial charge on any atom is -0.408 e. The normalized spacial score (nSPS) is 11.6. The molecule has 0 unspecified atom stereocenters. The Morgan fingerprint density at radius 1 is 1.22 bits per heavy atom. The van der Waals surface area contributed by atoms with Gasteiger partial charge in [0.05, 0.1) is 16.6 Å². The Kier molecular flexibility index (Phi) is 1.73. The van der Waals surface area contributed by atoms with Crippen molar-refractivity contribution in [2.24, 2.45) is 0 Å². The van der Waals surface area contributed by atoms with E-state index in [-0.39, 0.29) is 0 Å². The Bertz CT molecular complexity index is 847. The number of aromatic amines is 2. The molecule has 8 heteroatoms. The number of nitrogens with zero attached hydrogens (tertiary/aromatic N) is 3. The lowest BCUT2D eigenvalue weighted by Crippen LogP contribution is -1.92. The molecule has 0 aliphatic rings. The largest absolute Gasteiger partial charge is 0.417 e. The van der Waals surface area contributed by atoms with Crippen LogP contribution in [0.5, 0.6) is 0 Å². The molecular weight excluding hydrogens is 254 g/mol. The summed E-state index contributed by atoms with van der Waals surface area (Å²) >= 11 is 1.40. The first-order valence-corrected chi connectivity index (χ1v) is 5.97. The maximum Gasteiger partial charge on any atom is 0.417 e. The highest BCUT2D eigenvalue weighted by Crippen LogP contribution is 2.24. The third-order valence-corrected chi connectivity index (χ3v) is 3.28. The molecule has 0 amide bonds. The van der Waals surface area contributed by atoms with E-state index in [0.29, 0.717) is 16.9 Å². The van der Waals surface area contributed by atoms with Gasteiger partial charge in [0.2, 0.25) is 0 Å². The fourth-order valence-corrected chi connectivity index (χ4v) is 2.33. The Morgan fingerprint density at radius 2 is 2.17 bits per heavy atom. The van der Waals surface area contributed by atoms with Gasteiger partial charge in [0.25, 0.3) is 0 Å². The highest BCUT2D eigenvalue weighted by Gasteiger charge is 2.10. The second kappa shape index (κ2) is 3.26. The topological polar surface area (TPSA) is 100 Å². The lowest BCUT2D eigenvalue weighted by Gasteiger charge is -1.86. The molecule has 0 saturated heterocycles. The van der Waals surface area contributed by atoms with Gasteiger partial charge in [0.15, 0.2) is 16.4 Å². The molecule has 0 aliphatic carbocycles. The monoisotopic (exact) mass is 259 g/mol. The van der Waals surface area contributed by atoms with E-state index in [1.165, 1.54) is 11.3 Å². The van der Waals surface area contributed by atoms with E-state index in [1.807, 2.05) is 0 Å². The molecule has 0 aliphatic heterocycles. The van der Waals surface area contributed by atoms with Gasteiger partial charge < -0.3 is 9.40 Å². The van der Waals surface area contributed by atoms with Crippen molar-refractivity contribution in [3.8, 4) is 10.8 Å². The van der Waals surface area contributed by atoms with Crippen LogP contribution < -0.4 is 5.76 Å². The van der Waals surface area contributed by atoms with Gasteiger partial charge in [-0.2, -0.15) is 0 Å². The molecule has 7 nitrogen and oxygen atoms in total. The zero-order valence-electron chi connectivity index (χ0n) is 8.80. The highest BCUT2D eigenvalue weighted by atomic mass is 32.1. The number of H-pyrrole nitrogens is 2. The fourth-order valence-electron chi connectivity index (χ4n) is 1.83. The number of hydrogen-bond donors (Lipinski definition) is 2. The number of hydrogen-bond acceptors (Lipinski definition) is 6. The average molecular weight is 259 g/mol. The summed E-state index contributed by atoms with van der Waals surface area (Å²) in [6, 6.07) is 3.50. The molecular formula is C10H5N5O2S. The molecule has 0 fully saturated rings. The smallest absolute Gasteiger partial charge is 0.408 e. The molecule has 4 rings (SSSR count). The quantitative estimate of drug-likeness (QED) is 0.539. The molecule has 4 aromatic rings. The van der Waals surface area contributed by atoms with Crippen molar-refractivity contribution >= 4 is 33.5 Å². The minimum absolute atomic E-state index is 0.470. The first-order chi connectivity index (χ1) is 8.79. The van der Waals surface area contributed by atoms with Crippen molar-refractivity contribution in [2.45, 2.75) is 0 Å². The molecule has 0 bridgehead atoms. The molecule has 2 N–H and O–H groups in total. The molecule has 1 aromatic carbocycles. The van der Waals surface area contributed by atoms with Gasteiger partial charge in [-0.05, 0) is 6.07 Å². The van der Waals surface area contributed by atoms with Gasteiger partial charge in [-0.3, -0.25) is 4.98 Å². The van der Waals surface area contributed by atoms with Crippen molar-refractivity contribution in [1.82, 2.24) is 25.1 Å². The van der Waals surface area contributed by atoms with Crippen LogP contribution in [0, 0.1) is 0 Å². The molecule has 18 heavy (non-hydrogen) atoms. The van der Waals surface area contributed by atoms with Crippen LogP contribution in [0.1, 0.15) is 0 Å². The second-order valence-electron chi connectivity index (χ2n) is 3.71. The number of aromatic nitrogens is 5. The summed E-state index contributed by atoms with van der Waals surface area (Å²) in [6.45, 7) is 0. The summed E-state index contributed by atoms with van der Waals surface area (Å²) in [5.41, 5.74) is 4.30. The first-order valence-electron chi connectivity index (χ1n) is 5.09. The first kappa shape index (κ1) is 9.54. The molecule has 0 spiro atoms. The van der Waals surface area contributed by atoms with Crippen molar-refractivity contribution in [3.05, 3.63) is 28.2 Å². The predicted octanol–water partition coefficient (Wildman–Crippen LogP) is 1.52. The molecule has 0 saturated carbocycles. The highest BCUT2D eigenvalue weighted by molar-refractivity contribution is 7.12. The zero-order valence-corrected chi connectivity index (χ0v) is 9.61. The predicted molar refractivity (Wildman–Crippen MR) is 65.4 cm³/mol. The summed E-state index contributed by atoms with van der Waals surface area (Å²) < 4.78 is 4.99. The molecule has 88 valence electrons. The Hall–Kier alpha value is -2.48. The summed E-state index contributed by atoms with van der Waals surface area (Å²) in [5.74, 6) is 0.185. The van der Waals surface area contributed by atoms with E-state index in [1.54, 1.807) is 17.6 Å². The SMILES string of the molecule is O=c1[nH]c2cc3[nH]c(-c4nncs4)nc3cc2o1. The summed E-state index contributed by atoms with van der Waals surface area (Å²) in [6.07, 6.45) is 0. The summed E-state index contributed by atoms with van der Waals surface area (Å²) in [4.78, 5) is 21.2. The average Bonchev–Trinajstić information content (AvgIpc) is 3.02. The van der Waals surface area contributed by atoms with E-state index in [4.69, 9.17) is 4.42 Å².